The number of carboxylic acids is 1. The monoisotopic (exact) mass is 826 g/mol. The van der Waals surface area contributed by atoms with Gasteiger partial charge in [-0.3, -0.25) is 23.0 Å². The molecule has 0 aliphatic carbocycles. The first-order valence-electron chi connectivity index (χ1n) is 14.3. The number of esters is 2. The molecule has 0 atom stereocenters. The summed E-state index contributed by atoms with van der Waals surface area (Å²) in [6.07, 6.45) is -5.37. The Kier molecular flexibility index (Phi) is 14.5. The number of aromatic nitrogens is 8. The van der Waals surface area contributed by atoms with Crippen molar-refractivity contribution < 1.29 is 93.1 Å². The lowest BCUT2D eigenvalue weighted by Gasteiger charge is -2.08. The number of rotatable bonds is 16. The van der Waals surface area contributed by atoms with Gasteiger partial charge in [0.15, 0.2) is 19.3 Å². The molecular formula is C24H26F6N8O14P2. The first kappa shape index (κ1) is 43.6. The molecule has 0 aromatic carbocycles. The Labute approximate surface area is 295 Å². The topological polar surface area (TPSA) is 302 Å². The van der Waals surface area contributed by atoms with E-state index in [0.717, 1.165) is 0 Å². The molecule has 5 N–H and O–H groups in total. The third-order valence-electron chi connectivity index (χ3n) is 5.95. The number of imidazole rings is 2. The van der Waals surface area contributed by atoms with Crippen molar-refractivity contribution in [3.8, 4) is 22.9 Å². The molecule has 0 unspecified atom stereocenters. The summed E-state index contributed by atoms with van der Waals surface area (Å²) >= 11 is 0. The van der Waals surface area contributed by atoms with Gasteiger partial charge in [-0.15, -0.1) is 5.10 Å². The van der Waals surface area contributed by atoms with Crippen LogP contribution in [0.3, 0.4) is 0 Å². The average molecular weight is 826 g/mol. The molecule has 0 spiro atoms. The van der Waals surface area contributed by atoms with Gasteiger partial charge in [0.05, 0.1) is 19.5 Å². The molecule has 0 bridgehead atoms. The molecule has 0 aliphatic rings. The highest BCUT2D eigenvalue weighted by atomic mass is 31.2. The van der Waals surface area contributed by atoms with Crippen molar-refractivity contribution in [2.24, 2.45) is 0 Å². The van der Waals surface area contributed by atoms with Gasteiger partial charge in [-0.1, -0.05) is 0 Å². The zero-order chi connectivity index (χ0) is 40.5. The third kappa shape index (κ3) is 13.9. The SMILES string of the molecule is O=C(CCCOP(=O)(O)O)OCn1cnc(-c2c(-c3nc(C(F)(F)F)nn3COC(=O)CCCOP(=O)(O)O)nc3ncccn23)c1.O=C(O)C(F)(F)F. The summed E-state index contributed by atoms with van der Waals surface area (Å²) in [6, 6.07) is 1.51. The molecule has 4 aromatic rings. The fraction of sp³-hybridized carbons (Fsp3) is 0.417. The van der Waals surface area contributed by atoms with Gasteiger partial charge in [-0.2, -0.15) is 26.3 Å². The van der Waals surface area contributed by atoms with Crippen LogP contribution in [0.25, 0.3) is 28.7 Å². The molecular weight excluding hydrogens is 800 g/mol. The summed E-state index contributed by atoms with van der Waals surface area (Å²) in [5, 5.41) is 10.6. The van der Waals surface area contributed by atoms with Gasteiger partial charge in [0.2, 0.25) is 5.78 Å². The van der Waals surface area contributed by atoms with Crippen LogP contribution in [-0.2, 0) is 61.7 Å². The van der Waals surface area contributed by atoms with E-state index >= 15 is 0 Å². The second-order valence-electron chi connectivity index (χ2n) is 10.1. The van der Waals surface area contributed by atoms with E-state index in [-0.39, 0.29) is 61.9 Å². The van der Waals surface area contributed by atoms with E-state index in [1.807, 2.05) is 0 Å². The highest BCUT2D eigenvalue weighted by Gasteiger charge is 2.39. The largest absolute Gasteiger partial charge is 0.490 e. The Morgan fingerprint density at radius 2 is 1.39 bits per heavy atom. The van der Waals surface area contributed by atoms with E-state index in [2.05, 4.69) is 34.1 Å². The molecule has 0 aliphatic heterocycles. The van der Waals surface area contributed by atoms with Crippen LogP contribution < -0.4 is 0 Å². The standard InChI is InChI=1S/C22H25F3N8O12P2.C2HF3O2/c23-22(24,25)20-29-19(33(30-20)13-43-16(35)5-2-9-45-47(39,40)41)17-18(32-7-3-6-26-21(32)28-17)14-10-31(11-27-14)12-42-15(34)4-1-8-44-46(36,37)38;3-2(4,5)1(6)7/h3,6-7,10-11H,1-2,4-5,8-9,12-13H2,(H2,36,37,38)(H2,39,40,41);(H,6,7). The number of carbonyl (C=O) groups excluding carboxylic acids is 2. The van der Waals surface area contributed by atoms with Crippen LogP contribution in [-0.4, -0.2) is 101 Å². The van der Waals surface area contributed by atoms with Crippen molar-refractivity contribution in [3.05, 3.63) is 36.8 Å². The Balaban J connectivity index is 0.00000102. The molecule has 298 valence electrons. The quantitative estimate of drug-likeness (QED) is 0.0468. The minimum atomic E-state index is -5.08. The number of aliphatic carboxylic acids is 1. The molecule has 0 saturated heterocycles. The predicted octanol–water partition coefficient (Wildman–Crippen LogP) is 2.28. The number of nitrogens with zero attached hydrogens (tertiary/aromatic N) is 8. The number of phosphoric ester groups is 2. The van der Waals surface area contributed by atoms with Crippen molar-refractivity contribution in [2.45, 2.75) is 51.5 Å². The van der Waals surface area contributed by atoms with Gasteiger partial charge < -0.3 is 38.7 Å². The van der Waals surface area contributed by atoms with E-state index < -0.39 is 70.9 Å². The number of halogens is 6. The van der Waals surface area contributed by atoms with Crippen molar-refractivity contribution in [2.75, 3.05) is 13.2 Å². The second-order valence-corrected chi connectivity index (χ2v) is 12.6. The van der Waals surface area contributed by atoms with Crippen molar-refractivity contribution in [3.63, 3.8) is 0 Å². The summed E-state index contributed by atoms with van der Waals surface area (Å²) in [5.41, 5.74) is 0.0258. The molecule has 0 fully saturated rings. The summed E-state index contributed by atoms with van der Waals surface area (Å²) < 4.78 is 116. The van der Waals surface area contributed by atoms with Crippen LogP contribution in [0.1, 0.15) is 31.5 Å². The lowest BCUT2D eigenvalue weighted by molar-refractivity contribution is -0.192. The third-order valence-corrected chi connectivity index (χ3v) is 6.99. The van der Waals surface area contributed by atoms with Crippen molar-refractivity contribution in [1.29, 1.82) is 0 Å². The molecule has 4 aromatic heterocycles. The number of carbonyl (C=O) groups is 3. The molecule has 4 rings (SSSR count). The van der Waals surface area contributed by atoms with Gasteiger partial charge in [-0.05, 0) is 18.9 Å². The second kappa shape index (κ2) is 18.0. The average Bonchev–Trinajstić information content (AvgIpc) is 3.78. The number of hydrogen-bond donors (Lipinski definition) is 5. The molecule has 0 saturated carbocycles. The molecule has 30 heteroatoms. The van der Waals surface area contributed by atoms with Gasteiger partial charge in [-0.25, -0.2) is 38.5 Å². The van der Waals surface area contributed by atoms with E-state index in [4.69, 9.17) is 38.9 Å². The molecule has 22 nitrogen and oxygen atoms in total. The Bertz CT molecular complexity index is 2020. The maximum atomic E-state index is 13.7. The molecule has 54 heavy (non-hydrogen) atoms. The van der Waals surface area contributed by atoms with Gasteiger partial charge in [0.1, 0.15) is 17.1 Å². The van der Waals surface area contributed by atoms with Crippen LogP contribution in [0, 0.1) is 0 Å². The molecule has 0 radical (unpaired) electrons. The van der Waals surface area contributed by atoms with Gasteiger partial charge >= 0.3 is 45.9 Å². The lowest BCUT2D eigenvalue weighted by Crippen LogP contribution is -2.21. The zero-order valence-electron chi connectivity index (χ0n) is 26.7. The van der Waals surface area contributed by atoms with Crippen molar-refractivity contribution in [1.82, 2.24) is 38.7 Å². The maximum Gasteiger partial charge on any atom is 0.490 e. The Morgan fingerprint density at radius 1 is 0.833 bits per heavy atom. The van der Waals surface area contributed by atoms with E-state index in [0.29, 0.717) is 4.68 Å². The minimum Gasteiger partial charge on any atom is -0.475 e. The van der Waals surface area contributed by atoms with E-state index in [1.54, 1.807) is 0 Å². The first-order chi connectivity index (χ1) is 24.9. The molecule has 0 amide bonds. The number of alkyl halides is 6. The Hall–Kier alpha value is -4.82. The Morgan fingerprint density at radius 3 is 1.91 bits per heavy atom. The summed E-state index contributed by atoms with van der Waals surface area (Å²) in [6.45, 7) is -2.06. The summed E-state index contributed by atoms with van der Waals surface area (Å²) in [4.78, 5) is 84.1. The fourth-order valence-corrected chi connectivity index (χ4v) is 4.53. The number of ether oxygens (including phenoxy) is 2. The van der Waals surface area contributed by atoms with Gasteiger partial charge in [0.25, 0.3) is 5.82 Å². The number of phosphoric acid groups is 2. The zero-order valence-corrected chi connectivity index (χ0v) is 28.5. The highest BCUT2D eigenvalue weighted by molar-refractivity contribution is 7.46. The first-order valence-corrected chi connectivity index (χ1v) is 17.4. The number of hydrogen-bond acceptors (Lipinski definition) is 14. The maximum absolute atomic E-state index is 13.7. The minimum absolute atomic E-state index is 0.0289. The van der Waals surface area contributed by atoms with Crippen LogP contribution in [0.2, 0.25) is 0 Å². The smallest absolute Gasteiger partial charge is 0.475 e. The van der Waals surface area contributed by atoms with Crippen LogP contribution in [0.5, 0.6) is 0 Å². The normalized spacial score (nSPS) is 12.3. The van der Waals surface area contributed by atoms with Gasteiger partial charge in [0, 0.05) is 31.4 Å². The number of carboxylic acid groups (broad SMARTS) is 1. The van der Waals surface area contributed by atoms with Crippen LogP contribution in [0.15, 0.2) is 31.0 Å². The van der Waals surface area contributed by atoms with E-state index in [9.17, 15) is 45.1 Å². The summed E-state index contributed by atoms with van der Waals surface area (Å²) in [7, 11) is -9.43. The van der Waals surface area contributed by atoms with Crippen molar-refractivity contribution >= 4 is 39.3 Å². The number of fused-ring (bicyclic) bond motifs is 1. The lowest BCUT2D eigenvalue weighted by atomic mass is 10.2. The highest BCUT2D eigenvalue weighted by Crippen LogP contribution is 2.37. The van der Waals surface area contributed by atoms with Crippen LogP contribution >= 0.6 is 15.6 Å². The predicted molar refractivity (Wildman–Crippen MR) is 159 cm³/mol. The summed E-state index contributed by atoms with van der Waals surface area (Å²) in [5.74, 6) is -6.43. The van der Waals surface area contributed by atoms with E-state index in [1.165, 1.54) is 40.0 Å². The van der Waals surface area contributed by atoms with Crippen LogP contribution in [0.4, 0.5) is 26.3 Å². The fourth-order valence-electron chi connectivity index (χ4n) is 3.79. The molecule has 4 heterocycles.